The number of aliphatic carboxylic acids is 1. The lowest BCUT2D eigenvalue weighted by molar-refractivity contribution is -0.137. The summed E-state index contributed by atoms with van der Waals surface area (Å²) < 4.78 is 1.86. The Bertz CT molecular complexity index is 633. The largest absolute Gasteiger partial charge is 0.481 e. The highest BCUT2D eigenvalue weighted by Crippen LogP contribution is 2.15. The fourth-order valence-corrected chi connectivity index (χ4v) is 1.99. The molecule has 1 unspecified atom stereocenters. The summed E-state index contributed by atoms with van der Waals surface area (Å²) in [5.41, 5.74) is 2.11. The number of Topliss-reactive ketones (excluding diaryl/α,β-unsaturated/α-hetero) is 1. The number of nitrogens with one attached hydrogen (secondary N) is 1. The summed E-state index contributed by atoms with van der Waals surface area (Å²) in [6.07, 6.45) is 1.43. The highest BCUT2D eigenvalue weighted by molar-refractivity contribution is 6.03. The number of aromatic nitrogens is 2. The fraction of sp³-hybridized carbons (Fsp3) is 0.308. The van der Waals surface area contributed by atoms with Crippen LogP contribution in [0.4, 0.5) is 0 Å². The van der Waals surface area contributed by atoms with Crippen LogP contribution in [0.3, 0.4) is 0 Å². The average molecular weight is 261 g/mol. The first kappa shape index (κ1) is 13.2. The zero-order valence-electron chi connectivity index (χ0n) is 10.8. The molecule has 1 heterocycles. The minimum Gasteiger partial charge on any atom is -0.481 e. The van der Waals surface area contributed by atoms with Gasteiger partial charge in [0.1, 0.15) is 0 Å². The molecular formula is C13H15N3O3. The number of rotatable bonds is 5. The zero-order chi connectivity index (χ0) is 14.0. The van der Waals surface area contributed by atoms with Crippen LogP contribution in [0, 0.1) is 0 Å². The molecule has 0 aliphatic heterocycles. The summed E-state index contributed by atoms with van der Waals surface area (Å²) in [6, 6.07) is 4.46. The molecule has 0 saturated carbocycles. The number of likely N-dealkylation sites (N-methyl/N-ethyl adjacent to an activating group) is 1. The van der Waals surface area contributed by atoms with E-state index < -0.39 is 12.0 Å². The lowest BCUT2D eigenvalue weighted by Gasteiger charge is -2.12. The van der Waals surface area contributed by atoms with Gasteiger partial charge in [-0.1, -0.05) is 0 Å². The van der Waals surface area contributed by atoms with Crippen LogP contribution in [0.1, 0.15) is 16.8 Å². The van der Waals surface area contributed by atoms with Gasteiger partial charge in [-0.2, -0.15) is 0 Å². The monoisotopic (exact) mass is 261 g/mol. The molecule has 1 aromatic heterocycles. The van der Waals surface area contributed by atoms with Gasteiger partial charge in [0.15, 0.2) is 5.78 Å². The number of ketones is 1. The lowest BCUT2D eigenvalue weighted by Crippen LogP contribution is -2.36. The third-order valence-electron chi connectivity index (χ3n) is 3.05. The number of carbonyl (C=O) groups excluding carboxylic acids is 1. The van der Waals surface area contributed by atoms with Gasteiger partial charge in [0.25, 0.3) is 0 Å². The van der Waals surface area contributed by atoms with E-state index in [9.17, 15) is 9.59 Å². The van der Waals surface area contributed by atoms with E-state index in [0.29, 0.717) is 5.56 Å². The maximum Gasteiger partial charge on any atom is 0.305 e. The van der Waals surface area contributed by atoms with Crippen LogP contribution < -0.4 is 5.32 Å². The van der Waals surface area contributed by atoms with E-state index in [-0.39, 0.29) is 12.2 Å². The van der Waals surface area contributed by atoms with Gasteiger partial charge >= 0.3 is 5.97 Å². The Morgan fingerprint density at radius 2 is 2.21 bits per heavy atom. The zero-order valence-corrected chi connectivity index (χ0v) is 10.8. The summed E-state index contributed by atoms with van der Waals surface area (Å²) >= 11 is 0. The average Bonchev–Trinajstić information content (AvgIpc) is 2.76. The van der Waals surface area contributed by atoms with E-state index in [1.54, 1.807) is 25.5 Å². The summed E-state index contributed by atoms with van der Waals surface area (Å²) in [7, 11) is 3.45. The van der Waals surface area contributed by atoms with Crippen LogP contribution in [0.5, 0.6) is 0 Å². The maximum absolute atomic E-state index is 12.2. The minimum atomic E-state index is -1.01. The number of imidazole rings is 1. The highest BCUT2D eigenvalue weighted by Gasteiger charge is 2.21. The molecule has 0 fully saturated rings. The topological polar surface area (TPSA) is 84.2 Å². The van der Waals surface area contributed by atoms with Gasteiger partial charge in [-0.25, -0.2) is 4.98 Å². The Balaban J connectivity index is 2.32. The summed E-state index contributed by atoms with van der Waals surface area (Å²) in [5, 5.41) is 11.5. The molecule has 6 heteroatoms. The maximum atomic E-state index is 12.2. The summed E-state index contributed by atoms with van der Waals surface area (Å²) in [5.74, 6) is -1.25. The SMILES string of the molecule is CNC(CC(=O)O)C(=O)c1ccc2c(c1)ncn2C. The molecule has 2 N–H and O–H groups in total. The molecule has 100 valence electrons. The Hall–Kier alpha value is -2.21. The van der Waals surface area contributed by atoms with Crippen LogP contribution in [-0.4, -0.2) is 39.5 Å². The van der Waals surface area contributed by atoms with Gasteiger partial charge in [0.2, 0.25) is 0 Å². The molecule has 0 aliphatic rings. The third-order valence-corrected chi connectivity index (χ3v) is 3.05. The summed E-state index contributed by atoms with van der Waals surface area (Å²) in [6.45, 7) is 0. The molecule has 0 spiro atoms. The van der Waals surface area contributed by atoms with Crippen molar-refractivity contribution in [1.82, 2.24) is 14.9 Å². The van der Waals surface area contributed by atoms with Crippen molar-refractivity contribution >= 4 is 22.8 Å². The number of nitrogens with zero attached hydrogens (tertiary/aromatic N) is 2. The predicted octanol–water partition coefficient (Wildman–Crippen LogP) is 0.819. The molecule has 2 rings (SSSR count). The van der Waals surface area contributed by atoms with E-state index in [1.165, 1.54) is 0 Å². The number of hydrogen-bond acceptors (Lipinski definition) is 4. The van der Waals surface area contributed by atoms with E-state index in [2.05, 4.69) is 10.3 Å². The third kappa shape index (κ3) is 2.63. The molecular weight excluding hydrogens is 246 g/mol. The van der Waals surface area contributed by atoms with E-state index >= 15 is 0 Å². The molecule has 0 radical (unpaired) electrons. The number of fused-ring (bicyclic) bond motifs is 1. The molecule has 1 atom stereocenters. The number of carboxylic acid groups (broad SMARTS) is 1. The predicted molar refractivity (Wildman–Crippen MR) is 70.1 cm³/mol. The van der Waals surface area contributed by atoms with E-state index in [1.807, 2.05) is 17.7 Å². The Kier molecular flexibility index (Phi) is 3.62. The van der Waals surface area contributed by atoms with Gasteiger partial charge in [-0.05, 0) is 25.2 Å². The number of hydrogen-bond donors (Lipinski definition) is 2. The first-order chi connectivity index (χ1) is 9.02. The second-order valence-electron chi connectivity index (χ2n) is 4.36. The fourth-order valence-electron chi connectivity index (χ4n) is 1.99. The van der Waals surface area contributed by atoms with Crippen LogP contribution in [0.25, 0.3) is 11.0 Å². The Morgan fingerprint density at radius 3 is 2.84 bits per heavy atom. The first-order valence-electron chi connectivity index (χ1n) is 5.87. The van der Waals surface area contributed by atoms with Crippen molar-refractivity contribution in [2.24, 2.45) is 7.05 Å². The van der Waals surface area contributed by atoms with Crippen molar-refractivity contribution in [1.29, 1.82) is 0 Å². The van der Waals surface area contributed by atoms with Crippen molar-refractivity contribution in [2.45, 2.75) is 12.5 Å². The van der Waals surface area contributed by atoms with Gasteiger partial charge < -0.3 is 15.0 Å². The standard InChI is InChI=1S/C13H15N3O3/c1-14-10(6-12(17)18)13(19)8-3-4-11-9(5-8)15-7-16(11)2/h3-5,7,10,14H,6H2,1-2H3,(H,17,18). The van der Waals surface area contributed by atoms with E-state index in [4.69, 9.17) is 5.11 Å². The smallest absolute Gasteiger partial charge is 0.305 e. The van der Waals surface area contributed by atoms with Crippen molar-refractivity contribution < 1.29 is 14.7 Å². The van der Waals surface area contributed by atoms with Gasteiger partial charge in [-0.15, -0.1) is 0 Å². The normalized spacial score (nSPS) is 12.5. The molecule has 19 heavy (non-hydrogen) atoms. The molecule has 0 aliphatic carbocycles. The Morgan fingerprint density at radius 1 is 1.47 bits per heavy atom. The van der Waals surface area contributed by atoms with Crippen LogP contribution >= 0.6 is 0 Å². The molecule has 0 bridgehead atoms. The first-order valence-corrected chi connectivity index (χ1v) is 5.87. The molecule has 0 amide bonds. The van der Waals surface area contributed by atoms with Crippen molar-refractivity contribution in [3.8, 4) is 0 Å². The second-order valence-corrected chi connectivity index (χ2v) is 4.36. The molecule has 2 aromatic rings. The lowest BCUT2D eigenvalue weighted by atomic mass is 10.0. The van der Waals surface area contributed by atoms with Crippen LogP contribution in [0.15, 0.2) is 24.5 Å². The van der Waals surface area contributed by atoms with Crippen molar-refractivity contribution in [3.63, 3.8) is 0 Å². The quantitative estimate of drug-likeness (QED) is 0.778. The van der Waals surface area contributed by atoms with Crippen molar-refractivity contribution in [2.75, 3.05) is 7.05 Å². The molecule has 1 aromatic carbocycles. The molecule has 6 nitrogen and oxygen atoms in total. The number of carboxylic acids is 1. The number of benzene rings is 1. The van der Waals surface area contributed by atoms with Gasteiger partial charge in [-0.3, -0.25) is 9.59 Å². The minimum absolute atomic E-state index is 0.238. The second kappa shape index (κ2) is 5.19. The van der Waals surface area contributed by atoms with E-state index in [0.717, 1.165) is 11.0 Å². The number of aryl methyl sites for hydroxylation is 1. The Labute approximate surface area is 110 Å². The number of carbonyl (C=O) groups is 2. The van der Waals surface area contributed by atoms with Crippen molar-refractivity contribution in [3.05, 3.63) is 30.1 Å². The van der Waals surface area contributed by atoms with Gasteiger partial charge in [0.05, 0.1) is 29.8 Å². The van der Waals surface area contributed by atoms with Crippen LogP contribution in [-0.2, 0) is 11.8 Å². The molecule has 0 saturated heterocycles. The van der Waals surface area contributed by atoms with Gasteiger partial charge in [0, 0.05) is 12.6 Å². The van der Waals surface area contributed by atoms with Crippen LogP contribution in [0.2, 0.25) is 0 Å². The highest BCUT2D eigenvalue weighted by atomic mass is 16.4. The summed E-state index contributed by atoms with van der Waals surface area (Å²) in [4.78, 5) is 27.1.